The SMILES string of the molecule is N#CCC(=O)c1cc(F)cc([N+](=O)[O-])c1F. The maximum Gasteiger partial charge on any atom is 0.308 e. The van der Waals surface area contributed by atoms with Crippen molar-refractivity contribution < 1.29 is 18.5 Å². The number of halogens is 2. The topological polar surface area (TPSA) is 84.0 Å². The summed E-state index contributed by atoms with van der Waals surface area (Å²) < 4.78 is 26.2. The molecule has 5 nitrogen and oxygen atoms in total. The molecule has 1 aromatic carbocycles. The van der Waals surface area contributed by atoms with Crippen LogP contribution in [0.15, 0.2) is 12.1 Å². The van der Waals surface area contributed by atoms with Gasteiger partial charge in [0.25, 0.3) is 0 Å². The number of nitriles is 1. The highest BCUT2D eigenvalue weighted by molar-refractivity contribution is 5.98. The first kappa shape index (κ1) is 11.7. The number of nitro benzene ring substituents is 1. The van der Waals surface area contributed by atoms with Crippen LogP contribution in [-0.2, 0) is 0 Å². The van der Waals surface area contributed by atoms with Crippen molar-refractivity contribution in [3.8, 4) is 6.07 Å². The number of nitrogens with zero attached hydrogens (tertiary/aromatic N) is 2. The van der Waals surface area contributed by atoms with Gasteiger partial charge in [-0.25, -0.2) is 4.39 Å². The van der Waals surface area contributed by atoms with Crippen molar-refractivity contribution in [1.82, 2.24) is 0 Å². The van der Waals surface area contributed by atoms with Gasteiger partial charge in [-0.15, -0.1) is 0 Å². The summed E-state index contributed by atoms with van der Waals surface area (Å²) in [7, 11) is 0. The maximum absolute atomic E-state index is 13.3. The normalized spacial score (nSPS) is 9.56. The van der Waals surface area contributed by atoms with Crippen molar-refractivity contribution in [2.45, 2.75) is 6.42 Å². The monoisotopic (exact) mass is 226 g/mol. The molecule has 0 aliphatic rings. The quantitative estimate of drug-likeness (QED) is 0.448. The minimum atomic E-state index is -1.42. The summed E-state index contributed by atoms with van der Waals surface area (Å²) in [5.74, 6) is -3.52. The number of carbonyl (C=O) groups excluding carboxylic acids is 1. The van der Waals surface area contributed by atoms with Gasteiger partial charge >= 0.3 is 5.69 Å². The molecule has 0 aliphatic heterocycles. The number of nitro groups is 1. The molecule has 0 aliphatic carbocycles. The van der Waals surface area contributed by atoms with Crippen molar-refractivity contribution in [2.75, 3.05) is 0 Å². The van der Waals surface area contributed by atoms with Gasteiger partial charge in [-0.3, -0.25) is 14.9 Å². The highest BCUT2D eigenvalue weighted by Crippen LogP contribution is 2.23. The number of ketones is 1. The van der Waals surface area contributed by atoms with Gasteiger partial charge in [-0.05, 0) is 6.07 Å². The van der Waals surface area contributed by atoms with E-state index >= 15 is 0 Å². The second-order valence-corrected chi connectivity index (χ2v) is 2.80. The summed E-state index contributed by atoms with van der Waals surface area (Å²) >= 11 is 0. The lowest BCUT2D eigenvalue weighted by Crippen LogP contribution is -2.05. The Balaban J connectivity index is 3.36. The van der Waals surface area contributed by atoms with Crippen molar-refractivity contribution >= 4 is 11.5 Å². The molecule has 1 rings (SSSR count). The van der Waals surface area contributed by atoms with E-state index in [0.717, 1.165) is 0 Å². The van der Waals surface area contributed by atoms with E-state index in [9.17, 15) is 23.7 Å². The van der Waals surface area contributed by atoms with Crippen LogP contribution in [0.5, 0.6) is 0 Å². The first-order valence-electron chi connectivity index (χ1n) is 4.01. The van der Waals surface area contributed by atoms with Gasteiger partial charge in [-0.1, -0.05) is 0 Å². The molecule has 0 amide bonds. The van der Waals surface area contributed by atoms with Gasteiger partial charge in [0.05, 0.1) is 29.0 Å². The minimum absolute atomic E-state index is 0.373. The van der Waals surface area contributed by atoms with Gasteiger partial charge in [-0.2, -0.15) is 9.65 Å². The van der Waals surface area contributed by atoms with E-state index in [2.05, 4.69) is 0 Å². The highest BCUT2D eigenvalue weighted by Gasteiger charge is 2.23. The number of Topliss-reactive ketones (excluding diaryl/α,β-unsaturated/α-hetero) is 1. The van der Waals surface area contributed by atoms with Crippen molar-refractivity contribution in [2.24, 2.45) is 0 Å². The maximum atomic E-state index is 13.3. The molecule has 0 unspecified atom stereocenters. The number of carbonyl (C=O) groups is 1. The van der Waals surface area contributed by atoms with Gasteiger partial charge in [0, 0.05) is 0 Å². The smallest absolute Gasteiger partial charge is 0.293 e. The summed E-state index contributed by atoms with van der Waals surface area (Å²) in [5.41, 5.74) is -1.91. The lowest BCUT2D eigenvalue weighted by atomic mass is 10.1. The lowest BCUT2D eigenvalue weighted by molar-refractivity contribution is -0.387. The standard InChI is InChI=1S/C9H4F2N2O3/c10-5-3-6(8(14)1-2-12)9(11)7(4-5)13(15)16/h3-4H,1H2. The third-order valence-corrected chi connectivity index (χ3v) is 1.75. The summed E-state index contributed by atoms with van der Waals surface area (Å²) in [5, 5.41) is 18.5. The number of benzene rings is 1. The molecule has 0 atom stereocenters. The molecule has 0 bridgehead atoms. The molecule has 0 N–H and O–H groups in total. The Bertz CT molecular complexity index is 508. The molecule has 0 radical (unpaired) electrons. The van der Waals surface area contributed by atoms with E-state index in [4.69, 9.17) is 5.26 Å². The van der Waals surface area contributed by atoms with Crippen molar-refractivity contribution in [1.29, 1.82) is 5.26 Å². The number of rotatable bonds is 3. The molecule has 16 heavy (non-hydrogen) atoms. The van der Waals surface area contributed by atoms with Crippen LogP contribution in [0.1, 0.15) is 16.8 Å². The van der Waals surface area contributed by atoms with E-state index in [1.807, 2.05) is 0 Å². The molecule has 0 saturated carbocycles. The van der Waals surface area contributed by atoms with Gasteiger partial charge in [0.1, 0.15) is 5.82 Å². The van der Waals surface area contributed by atoms with Crippen LogP contribution in [0, 0.1) is 33.1 Å². The van der Waals surface area contributed by atoms with Crippen LogP contribution in [-0.4, -0.2) is 10.7 Å². The zero-order valence-corrected chi connectivity index (χ0v) is 7.74. The van der Waals surface area contributed by atoms with E-state index in [-0.39, 0.29) is 0 Å². The second kappa shape index (κ2) is 4.44. The Labute approximate surface area is 88.1 Å². The Hall–Kier alpha value is -2.36. The van der Waals surface area contributed by atoms with Crippen molar-refractivity contribution in [3.05, 3.63) is 39.4 Å². The Morgan fingerprint density at radius 3 is 2.62 bits per heavy atom. The molecule has 1 aromatic rings. The third kappa shape index (κ3) is 2.17. The van der Waals surface area contributed by atoms with E-state index < -0.39 is 40.0 Å². The molecule has 0 spiro atoms. The molecule has 7 heteroatoms. The van der Waals surface area contributed by atoms with Gasteiger partial charge < -0.3 is 0 Å². The highest BCUT2D eigenvalue weighted by atomic mass is 19.1. The fourth-order valence-electron chi connectivity index (χ4n) is 1.08. The predicted molar refractivity (Wildman–Crippen MR) is 47.6 cm³/mol. The van der Waals surface area contributed by atoms with Crippen molar-refractivity contribution in [3.63, 3.8) is 0 Å². The average molecular weight is 226 g/mol. The summed E-state index contributed by atoms with van der Waals surface area (Å²) in [6.45, 7) is 0. The Kier molecular flexibility index (Phi) is 3.25. The Morgan fingerprint density at radius 2 is 2.12 bits per heavy atom. The lowest BCUT2D eigenvalue weighted by Gasteiger charge is -2.00. The fourth-order valence-corrected chi connectivity index (χ4v) is 1.08. The van der Waals surface area contributed by atoms with Crippen LogP contribution < -0.4 is 0 Å². The van der Waals surface area contributed by atoms with Crippen LogP contribution in [0.3, 0.4) is 0 Å². The fraction of sp³-hybridized carbons (Fsp3) is 0.111. The summed E-state index contributed by atoms with van der Waals surface area (Å²) in [6.07, 6.45) is -0.669. The van der Waals surface area contributed by atoms with E-state index in [1.54, 1.807) is 0 Å². The molecular weight excluding hydrogens is 222 g/mol. The average Bonchev–Trinajstić information content (AvgIpc) is 2.20. The first-order valence-corrected chi connectivity index (χ1v) is 4.01. The molecule has 0 saturated heterocycles. The third-order valence-electron chi connectivity index (χ3n) is 1.75. The molecule has 0 aromatic heterocycles. The molecular formula is C9H4F2N2O3. The molecule has 0 heterocycles. The second-order valence-electron chi connectivity index (χ2n) is 2.80. The predicted octanol–water partition coefficient (Wildman–Crippen LogP) is 1.97. The van der Waals surface area contributed by atoms with Crippen LogP contribution in [0.4, 0.5) is 14.5 Å². The molecule has 0 fully saturated rings. The van der Waals surface area contributed by atoms with E-state index in [0.29, 0.717) is 12.1 Å². The summed E-state index contributed by atoms with van der Waals surface area (Å²) in [4.78, 5) is 20.3. The van der Waals surface area contributed by atoms with Gasteiger partial charge in [0.15, 0.2) is 5.78 Å². The van der Waals surface area contributed by atoms with E-state index in [1.165, 1.54) is 6.07 Å². The largest absolute Gasteiger partial charge is 0.308 e. The van der Waals surface area contributed by atoms with Crippen LogP contribution in [0.2, 0.25) is 0 Å². The van der Waals surface area contributed by atoms with Crippen LogP contribution in [0.25, 0.3) is 0 Å². The first-order chi connectivity index (χ1) is 7.47. The number of hydrogen-bond donors (Lipinski definition) is 0. The minimum Gasteiger partial charge on any atom is -0.293 e. The zero-order valence-electron chi connectivity index (χ0n) is 7.74. The zero-order chi connectivity index (χ0) is 12.3. The molecule has 82 valence electrons. The van der Waals surface area contributed by atoms with Crippen LogP contribution >= 0.6 is 0 Å². The summed E-state index contributed by atoms with van der Waals surface area (Å²) in [6, 6.07) is 2.36. The van der Waals surface area contributed by atoms with Gasteiger partial charge in [0.2, 0.25) is 5.82 Å². The number of hydrogen-bond acceptors (Lipinski definition) is 4. The Morgan fingerprint density at radius 1 is 1.50 bits per heavy atom.